The molecular formula is C18H20N2O5. The third kappa shape index (κ3) is 5.02. The van der Waals surface area contributed by atoms with Gasteiger partial charge in [-0.05, 0) is 37.6 Å². The minimum absolute atomic E-state index is 0.0211. The van der Waals surface area contributed by atoms with Crippen LogP contribution < -0.4 is 10.1 Å². The second-order valence-electron chi connectivity index (χ2n) is 5.70. The summed E-state index contributed by atoms with van der Waals surface area (Å²) in [5.41, 5.74) is 1.42. The summed E-state index contributed by atoms with van der Waals surface area (Å²) in [6.07, 6.45) is -0.900. The molecule has 25 heavy (non-hydrogen) atoms. The lowest BCUT2D eigenvalue weighted by molar-refractivity contribution is -0.385. The first-order valence-corrected chi connectivity index (χ1v) is 7.78. The second kappa shape index (κ2) is 8.25. The quantitative estimate of drug-likeness (QED) is 0.593. The van der Waals surface area contributed by atoms with Crippen molar-refractivity contribution in [3.05, 3.63) is 69.3 Å². The van der Waals surface area contributed by atoms with Gasteiger partial charge in [0.25, 0.3) is 11.6 Å². The van der Waals surface area contributed by atoms with Crippen LogP contribution in [0.25, 0.3) is 0 Å². The monoisotopic (exact) mass is 344 g/mol. The van der Waals surface area contributed by atoms with Crippen molar-refractivity contribution < 1.29 is 19.6 Å². The molecule has 0 heterocycles. The van der Waals surface area contributed by atoms with Crippen LogP contribution in [0, 0.1) is 24.0 Å². The molecule has 1 amide bonds. The average Bonchev–Trinajstić information content (AvgIpc) is 2.58. The van der Waals surface area contributed by atoms with Gasteiger partial charge in [-0.3, -0.25) is 14.9 Å². The smallest absolute Gasteiger partial charge is 0.273 e. The van der Waals surface area contributed by atoms with E-state index in [0.717, 1.165) is 5.56 Å². The number of carbonyl (C=O) groups excluding carboxylic acids is 1. The molecule has 0 aliphatic carbocycles. The number of rotatable bonds is 7. The van der Waals surface area contributed by atoms with Gasteiger partial charge in [-0.1, -0.05) is 18.2 Å². The highest BCUT2D eigenvalue weighted by atomic mass is 16.6. The Labute approximate surface area is 145 Å². The summed E-state index contributed by atoms with van der Waals surface area (Å²) in [4.78, 5) is 22.6. The summed E-state index contributed by atoms with van der Waals surface area (Å²) in [5, 5.41) is 23.4. The van der Waals surface area contributed by atoms with Gasteiger partial charge in [0.1, 0.15) is 18.5 Å². The lowest BCUT2D eigenvalue weighted by atomic mass is 10.1. The number of hydrogen-bond donors (Lipinski definition) is 2. The number of carbonyl (C=O) groups is 1. The summed E-state index contributed by atoms with van der Waals surface area (Å²) in [5.74, 6) is 0.163. The fraction of sp³-hybridized carbons (Fsp3) is 0.278. The highest BCUT2D eigenvalue weighted by Crippen LogP contribution is 2.20. The molecule has 2 rings (SSSR count). The van der Waals surface area contributed by atoms with E-state index in [-0.39, 0.29) is 30.0 Å². The maximum absolute atomic E-state index is 12.2. The zero-order valence-corrected chi connectivity index (χ0v) is 14.1. The lowest BCUT2D eigenvalue weighted by Crippen LogP contribution is -2.35. The van der Waals surface area contributed by atoms with Crippen molar-refractivity contribution in [1.29, 1.82) is 0 Å². The number of nitrogens with one attached hydrogen (secondary N) is 1. The van der Waals surface area contributed by atoms with Gasteiger partial charge in [0.05, 0.1) is 4.92 Å². The van der Waals surface area contributed by atoms with Crippen molar-refractivity contribution >= 4 is 11.6 Å². The molecule has 0 fully saturated rings. The zero-order valence-electron chi connectivity index (χ0n) is 14.1. The van der Waals surface area contributed by atoms with Crippen LogP contribution in [0.15, 0.2) is 42.5 Å². The molecule has 0 saturated heterocycles. The minimum atomic E-state index is -0.900. The molecule has 132 valence electrons. The molecule has 0 spiro atoms. The van der Waals surface area contributed by atoms with E-state index in [1.54, 1.807) is 6.07 Å². The lowest BCUT2D eigenvalue weighted by Gasteiger charge is -2.14. The molecule has 2 N–H and O–H groups in total. The van der Waals surface area contributed by atoms with Crippen LogP contribution >= 0.6 is 0 Å². The normalized spacial score (nSPS) is 11.6. The summed E-state index contributed by atoms with van der Waals surface area (Å²) in [6, 6.07) is 11.7. The maximum atomic E-state index is 12.2. The number of amides is 1. The molecule has 7 nitrogen and oxygen atoms in total. The Morgan fingerprint density at radius 2 is 2.00 bits per heavy atom. The highest BCUT2D eigenvalue weighted by molar-refractivity contribution is 5.96. The number of aliphatic hydroxyl groups excluding tert-OH is 1. The molecule has 1 atom stereocenters. The van der Waals surface area contributed by atoms with Crippen molar-refractivity contribution in [2.24, 2.45) is 0 Å². The van der Waals surface area contributed by atoms with Crippen molar-refractivity contribution in [1.82, 2.24) is 5.32 Å². The van der Waals surface area contributed by atoms with E-state index < -0.39 is 16.9 Å². The molecule has 2 aromatic carbocycles. The number of hydrogen-bond acceptors (Lipinski definition) is 5. The minimum Gasteiger partial charge on any atom is -0.491 e. The van der Waals surface area contributed by atoms with E-state index in [2.05, 4.69) is 5.32 Å². The van der Waals surface area contributed by atoms with E-state index >= 15 is 0 Å². The number of nitro groups is 1. The van der Waals surface area contributed by atoms with Crippen LogP contribution in [0.1, 0.15) is 21.5 Å². The fourth-order valence-corrected chi connectivity index (χ4v) is 2.33. The Morgan fingerprint density at radius 3 is 2.68 bits per heavy atom. The first-order chi connectivity index (χ1) is 11.9. The van der Waals surface area contributed by atoms with E-state index in [9.17, 15) is 20.0 Å². The molecule has 0 unspecified atom stereocenters. The first kappa shape index (κ1) is 18.4. The fourth-order valence-electron chi connectivity index (χ4n) is 2.33. The van der Waals surface area contributed by atoms with Crippen LogP contribution in [0.5, 0.6) is 5.75 Å². The summed E-state index contributed by atoms with van der Waals surface area (Å²) >= 11 is 0. The zero-order chi connectivity index (χ0) is 18.4. The Morgan fingerprint density at radius 1 is 1.28 bits per heavy atom. The third-order valence-electron chi connectivity index (χ3n) is 3.68. The Balaban J connectivity index is 1.89. The van der Waals surface area contributed by atoms with Gasteiger partial charge in [0.2, 0.25) is 0 Å². The number of nitro benzene ring substituents is 1. The number of aryl methyl sites for hydroxylation is 1. The van der Waals surface area contributed by atoms with Crippen LogP contribution in [0.4, 0.5) is 5.69 Å². The van der Waals surface area contributed by atoms with E-state index in [1.807, 2.05) is 25.1 Å². The molecule has 0 aliphatic heterocycles. The molecular weight excluding hydrogens is 324 g/mol. The van der Waals surface area contributed by atoms with Crippen molar-refractivity contribution in [2.75, 3.05) is 13.2 Å². The van der Waals surface area contributed by atoms with Gasteiger partial charge in [-0.15, -0.1) is 0 Å². The summed E-state index contributed by atoms with van der Waals surface area (Å²) in [7, 11) is 0. The van der Waals surface area contributed by atoms with Crippen molar-refractivity contribution in [3.8, 4) is 5.75 Å². The summed E-state index contributed by atoms with van der Waals surface area (Å²) < 4.78 is 5.47. The second-order valence-corrected chi connectivity index (χ2v) is 5.70. The largest absolute Gasteiger partial charge is 0.491 e. The molecule has 7 heteroatoms. The standard InChI is InChI=1S/C18H20N2O5/c1-12-5-3-6-15(9-12)25-11-14(21)10-19-18(22)16-7-4-8-17(13(16)2)20(23)24/h3-9,14,21H,10-11H2,1-2H3,(H,19,22)/t14-/m1/s1. The molecule has 0 aliphatic rings. The predicted molar refractivity (Wildman–Crippen MR) is 92.8 cm³/mol. The van der Waals surface area contributed by atoms with Gasteiger partial charge >= 0.3 is 0 Å². The SMILES string of the molecule is Cc1cccc(OC[C@H](O)CNC(=O)c2cccc([N+](=O)[O-])c2C)c1. The number of benzene rings is 2. The van der Waals surface area contributed by atoms with Crippen molar-refractivity contribution in [2.45, 2.75) is 20.0 Å². The number of nitrogens with zero attached hydrogens (tertiary/aromatic N) is 1. The topological polar surface area (TPSA) is 102 Å². The van der Waals surface area contributed by atoms with E-state index in [4.69, 9.17) is 4.74 Å². The predicted octanol–water partition coefficient (Wildman–Crippen LogP) is 2.38. The summed E-state index contributed by atoms with van der Waals surface area (Å²) in [6.45, 7) is 3.46. The van der Waals surface area contributed by atoms with Crippen LogP contribution in [-0.4, -0.2) is 35.2 Å². The Kier molecular flexibility index (Phi) is 6.08. The van der Waals surface area contributed by atoms with Crippen LogP contribution in [-0.2, 0) is 0 Å². The van der Waals surface area contributed by atoms with E-state index in [0.29, 0.717) is 5.75 Å². The van der Waals surface area contributed by atoms with Crippen molar-refractivity contribution in [3.63, 3.8) is 0 Å². The average molecular weight is 344 g/mol. The van der Waals surface area contributed by atoms with Crippen LogP contribution in [0.2, 0.25) is 0 Å². The maximum Gasteiger partial charge on any atom is 0.273 e. The number of ether oxygens (including phenoxy) is 1. The van der Waals surface area contributed by atoms with Gasteiger partial charge in [-0.2, -0.15) is 0 Å². The van der Waals surface area contributed by atoms with Gasteiger partial charge < -0.3 is 15.2 Å². The molecule has 0 radical (unpaired) electrons. The molecule has 0 bridgehead atoms. The van der Waals surface area contributed by atoms with Gasteiger partial charge in [0, 0.05) is 23.7 Å². The third-order valence-corrected chi connectivity index (χ3v) is 3.68. The molecule has 0 saturated carbocycles. The highest BCUT2D eigenvalue weighted by Gasteiger charge is 2.18. The molecule has 2 aromatic rings. The Bertz CT molecular complexity index is 776. The van der Waals surface area contributed by atoms with Gasteiger partial charge in [0.15, 0.2) is 0 Å². The van der Waals surface area contributed by atoms with Gasteiger partial charge in [-0.25, -0.2) is 0 Å². The van der Waals surface area contributed by atoms with Crippen LogP contribution in [0.3, 0.4) is 0 Å². The first-order valence-electron chi connectivity index (χ1n) is 7.78. The Hall–Kier alpha value is -2.93. The molecule has 0 aromatic heterocycles. The number of aliphatic hydroxyl groups is 1. The van der Waals surface area contributed by atoms with E-state index in [1.165, 1.54) is 25.1 Å².